The van der Waals surface area contributed by atoms with Crippen LogP contribution >= 0.6 is 11.3 Å². The van der Waals surface area contributed by atoms with Crippen LogP contribution < -0.4 is 5.32 Å². The third kappa shape index (κ3) is 2.62. The second kappa shape index (κ2) is 5.30. The number of furan rings is 1. The van der Waals surface area contributed by atoms with Crippen molar-refractivity contribution in [1.82, 2.24) is 20.5 Å². The van der Waals surface area contributed by atoms with Crippen LogP contribution in [0.15, 0.2) is 34.9 Å². The van der Waals surface area contributed by atoms with Crippen LogP contribution in [-0.2, 0) is 6.54 Å². The lowest BCUT2D eigenvalue weighted by atomic mass is 10.4. The second-order valence-electron chi connectivity index (χ2n) is 4.18. The lowest BCUT2D eigenvalue weighted by Crippen LogP contribution is -2.22. The van der Waals surface area contributed by atoms with Crippen molar-refractivity contribution < 1.29 is 9.21 Å². The van der Waals surface area contributed by atoms with Gasteiger partial charge in [0, 0.05) is 4.88 Å². The zero-order valence-corrected chi connectivity index (χ0v) is 11.5. The Hall–Kier alpha value is -2.41. The number of nitrogens with zero attached hydrogens (tertiary/aromatic N) is 2. The molecule has 0 unspecified atom stereocenters. The molecule has 102 valence electrons. The number of aromatic nitrogens is 3. The minimum absolute atomic E-state index is 0.112. The lowest BCUT2D eigenvalue weighted by molar-refractivity contribution is 0.0954. The van der Waals surface area contributed by atoms with E-state index in [-0.39, 0.29) is 5.91 Å². The summed E-state index contributed by atoms with van der Waals surface area (Å²) in [5.74, 6) is 1.54. The summed E-state index contributed by atoms with van der Waals surface area (Å²) < 4.78 is 5.20. The first-order valence-electron chi connectivity index (χ1n) is 6.02. The van der Waals surface area contributed by atoms with Crippen molar-refractivity contribution in [2.45, 2.75) is 13.5 Å². The van der Waals surface area contributed by atoms with Gasteiger partial charge in [-0.15, -0.1) is 16.4 Å². The molecule has 0 radical (unpaired) electrons. The highest BCUT2D eigenvalue weighted by Gasteiger charge is 2.11. The molecule has 3 aromatic rings. The first kappa shape index (κ1) is 12.6. The monoisotopic (exact) mass is 288 g/mol. The molecule has 3 rings (SSSR count). The Balaban J connectivity index is 1.63. The molecule has 6 nitrogen and oxygen atoms in total. The minimum atomic E-state index is -0.112. The van der Waals surface area contributed by atoms with E-state index in [0.29, 0.717) is 28.8 Å². The van der Waals surface area contributed by atoms with Crippen LogP contribution in [0.1, 0.15) is 20.4 Å². The minimum Gasteiger partial charge on any atom is -0.461 e. The first-order valence-corrected chi connectivity index (χ1v) is 6.84. The molecule has 0 saturated carbocycles. The Kier molecular flexibility index (Phi) is 3.34. The molecule has 1 amide bonds. The summed E-state index contributed by atoms with van der Waals surface area (Å²) in [5.41, 5.74) is 0. The number of aryl methyl sites for hydroxylation is 1. The average Bonchev–Trinajstić information content (AvgIpc) is 3.16. The van der Waals surface area contributed by atoms with E-state index in [1.54, 1.807) is 18.4 Å². The normalized spacial score (nSPS) is 10.7. The molecule has 20 heavy (non-hydrogen) atoms. The van der Waals surface area contributed by atoms with Crippen molar-refractivity contribution in [2.75, 3.05) is 0 Å². The molecule has 0 saturated heterocycles. The Morgan fingerprint density at radius 3 is 3.05 bits per heavy atom. The lowest BCUT2D eigenvalue weighted by Gasteiger charge is -1.99. The van der Waals surface area contributed by atoms with Crippen molar-refractivity contribution in [2.24, 2.45) is 0 Å². The fourth-order valence-electron chi connectivity index (χ4n) is 1.70. The largest absolute Gasteiger partial charge is 0.461 e. The van der Waals surface area contributed by atoms with Crippen LogP contribution in [-0.4, -0.2) is 21.1 Å². The molecule has 0 fully saturated rings. The van der Waals surface area contributed by atoms with Gasteiger partial charge in [0.05, 0.1) is 17.7 Å². The molecule has 0 aliphatic heterocycles. The zero-order valence-electron chi connectivity index (χ0n) is 10.7. The van der Waals surface area contributed by atoms with E-state index in [1.165, 1.54) is 11.3 Å². The Morgan fingerprint density at radius 1 is 1.45 bits per heavy atom. The number of aromatic amines is 1. The third-order valence-electron chi connectivity index (χ3n) is 2.65. The van der Waals surface area contributed by atoms with Crippen molar-refractivity contribution in [3.63, 3.8) is 0 Å². The third-order valence-corrected chi connectivity index (χ3v) is 3.65. The standard InChI is InChI=1S/C13H12N4O2S/c1-8-4-5-10(20-8)13(18)14-7-11-15-12(17-16-11)9-3-2-6-19-9/h2-6H,7H2,1H3,(H,14,18)(H,15,16,17). The van der Waals surface area contributed by atoms with E-state index < -0.39 is 0 Å². The van der Waals surface area contributed by atoms with Crippen LogP contribution in [0, 0.1) is 6.92 Å². The summed E-state index contributed by atoms with van der Waals surface area (Å²) >= 11 is 1.46. The van der Waals surface area contributed by atoms with E-state index in [1.807, 2.05) is 19.1 Å². The van der Waals surface area contributed by atoms with Gasteiger partial charge in [-0.1, -0.05) is 0 Å². The van der Waals surface area contributed by atoms with Gasteiger partial charge in [0.1, 0.15) is 5.82 Å². The summed E-state index contributed by atoms with van der Waals surface area (Å²) in [5, 5.41) is 9.60. The highest BCUT2D eigenvalue weighted by Crippen LogP contribution is 2.16. The molecular weight excluding hydrogens is 276 g/mol. The molecule has 0 aromatic carbocycles. The van der Waals surface area contributed by atoms with E-state index in [0.717, 1.165) is 4.88 Å². The van der Waals surface area contributed by atoms with E-state index in [9.17, 15) is 4.79 Å². The van der Waals surface area contributed by atoms with Gasteiger partial charge in [-0.2, -0.15) is 0 Å². The molecular formula is C13H12N4O2S. The van der Waals surface area contributed by atoms with E-state index >= 15 is 0 Å². The van der Waals surface area contributed by atoms with E-state index in [4.69, 9.17) is 4.42 Å². The summed E-state index contributed by atoms with van der Waals surface area (Å²) in [4.78, 5) is 17.9. The van der Waals surface area contributed by atoms with Crippen LogP contribution in [0.3, 0.4) is 0 Å². The number of carbonyl (C=O) groups excluding carboxylic acids is 1. The summed E-state index contributed by atoms with van der Waals surface area (Å²) in [6, 6.07) is 7.28. The Labute approximate surface area is 118 Å². The van der Waals surface area contributed by atoms with Gasteiger partial charge in [0.2, 0.25) is 5.82 Å². The van der Waals surface area contributed by atoms with Crippen molar-refractivity contribution in [1.29, 1.82) is 0 Å². The maximum Gasteiger partial charge on any atom is 0.261 e. The molecule has 0 aliphatic rings. The predicted molar refractivity (Wildman–Crippen MR) is 74.3 cm³/mol. The fraction of sp³-hybridized carbons (Fsp3) is 0.154. The number of hydrogen-bond acceptors (Lipinski definition) is 5. The SMILES string of the molecule is Cc1ccc(C(=O)NCc2nc(-c3ccco3)n[nH]2)s1. The van der Waals surface area contributed by atoms with Crippen molar-refractivity contribution in [3.8, 4) is 11.6 Å². The molecule has 0 aliphatic carbocycles. The summed E-state index contributed by atoms with van der Waals surface area (Å²) in [6.45, 7) is 2.26. The molecule has 0 atom stereocenters. The van der Waals surface area contributed by atoms with Gasteiger partial charge >= 0.3 is 0 Å². The van der Waals surface area contributed by atoms with Gasteiger partial charge in [0.25, 0.3) is 5.91 Å². The van der Waals surface area contributed by atoms with Gasteiger partial charge in [-0.3, -0.25) is 9.89 Å². The van der Waals surface area contributed by atoms with Crippen LogP contribution in [0.2, 0.25) is 0 Å². The predicted octanol–water partition coefficient (Wildman–Crippen LogP) is 2.36. The number of H-pyrrole nitrogens is 1. The number of rotatable bonds is 4. The van der Waals surface area contributed by atoms with E-state index in [2.05, 4.69) is 20.5 Å². The molecule has 3 heterocycles. The number of hydrogen-bond donors (Lipinski definition) is 2. The van der Waals surface area contributed by atoms with Gasteiger partial charge in [0.15, 0.2) is 5.76 Å². The first-order chi connectivity index (χ1) is 9.72. The fourth-order valence-corrected chi connectivity index (χ4v) is 2.48. The zero-order chi connectivity index (χ0) is 13.9. The summed E-state index contributed by atoms with van der Waals surface area (Å²) in [7, 11) is 0. The Bertz CT molecular complexity index is 714. The molecule has 3 aromatic heterocycles. The molecule has 0 bridgehead atoms. The van der Waals surface area contributed by atoms with Gasteiger partial charge in [-0.05, 0) is 31.2 Å². The molecule has 2 N–H and O–H groups in total. The number of carbonyl (C=O) groups is 1. The smallest absolute Gasteiger partial charge is 0.261 e. The number of amides is 1. The maximum atomic E-state index is 11.9. The molecule has 0 spiro atoms. The van der Waals surface area contributed by atoms with Crippen molar-refractivity contribution in [3.05, 3.63) is 46.1 Å². The quantitative estimate of drug-likeness (QED) is 0.772. The van der Waals surface area contributed by atoms with Crippen LogP contribution in [0.4, 0.5) is 0 Å². The molecule has 7 heteroatoms. The van der Waals surface area contributed by atoms with Crippen LogP contribution in [0.25, 0.3) is 11.6 Å². The van der Waals surface area contributed by atoms with Crippen molar-refractivity contribution >= 4 is 17.2 Å². The van der Waals surface area contributed by atoms with Gasteiger partial charge in [-0.25, -0.2) is 4.98 Å². The number of thiophene rings is 1. The maximum absolute atomic E-state index is 11.9. The summed E-state index contributed by atoms with van der Waals surface area (Å²) in [6.07, 6.45) is 1.56. The Morgan fingerprint density at radius 2 is 2.35 bits per heavy atom. The van der Waals surface area contributed by atoms with Crippen LogP contribution in [0.5, 0.6) is 0 Å². The van der Waals surface area contributed by atoms with Gasteiger partial charge < -0.3 is 9.73 Å². The number of nitrogens with one attached hydrogen (secondary N) is 2. The topological polar surface area (TPSA) is 83.8 Å². The highest BCUT2D eigenvalue weighted by molar-refractivity contribution is 7.13. The average molecular weight is 288 g/mol. The highest BCUT2D eigenvalue weighted by atomic mass is 32.1. The second-order valence-corrected chi connectivity index (χ2v) is 5.46.